The summed E-state index contributed by atoms with van der Waals surface area (Å²) in [7, 11) is 0. The number of carbonyl (C=O) groups excluding carboxylic acids is 1. The molecule has 0 aliphatic carbocycles. The lowest BCUT2D eigenvalue weighted by Crippen LogP contribution is -2.41. The number of halogens is 1. The molecule has 1 saturated heterocycles. The van der Waals surface area contributed by atoms with E-state index in [1.165, 1.54) is 24.3 Å². The third-order valence-electron chi connectivity index (χ3n) is 4.65. The Morgan fingerprint density at radius 3 is 2.54 bits per heavy atom. The lowest BCUT2D eigenvalue weighted by Gasteiger charge is -2.25. The van der Waals surface area contributed by atoms with Crippen molar-refractivity contribution in [1.29, 1.82) is 0 Å². The highest BCUT2D eigenvalue weighted by Gasteiger charge is 2.20. The number of anilines is 1. The molecule has 0 unspecified atom stereocenters. The van der Waals surface area contributed by atoms with E-state index in [1.807, 2.05) is 4.90 Å². The van der Waals surface area contributed by atoms with Crippen molar-refractivity contribution in [2.24, 2.45) is 0 Å². The van der Waals surface area contributed by atoms with Crippen molar-refractivity contribution < 1.29 is 18.3 Å². The van der Waals surface area contributed by atoms with Gasteiger partial charge in [0, 0.05) is 13.1 Å². The predicted octanol–water partition coefficient (Wildman–Crippen LogP) is 2.87. The van der Waals surface area contributed by atoms with Crippen LogP contribution in [0.5, 0.6) is 0 Å². The molecule has 28 heavy (non-hydrogen) atoms. The van der Waals surface area contributed by atoms with Crippen LogP contribution in [-0.2, 0) is 9.53 Å². The van der Waals surface area contributed by atoms with Gasteiger partial charge in [0.25, 0.3) is 0 Å². The van der Waals surface area contributed by atoms with E-state index in [0.29, 0.717) is 42.8 Å². The quantitative estimate of drug-likeness (QED) is 0.751. The number of hydrogen-bond acceptors (Lipinski definition) is 5. The molecule has 3 aromatic rings. The van der Waals surface area contributed by atoms with Crippen molar-refractivity contribution in [3.8, 4) is 11.1 Å². The molecule has 1 amide bonds. The first-order valence-electron chi connectivity index (χ1n) is 9.03. The van der Waals surface area contributed by atoms with Crippen LogP contribution < -0.4 is 10.7 Å². The van der Waals surface area contributed by atoms with Gasteiger partial charge >= 0.3 is 0 Å². The Bertz CT molecular complexity index is 1060. The minimum Gasteiger partial charge on any atom is -0.439 e. The molecule has 1 N–H and O–H groups in total. The summed E-state index contributed by atoms with van der Waals surface area (Å²) in [5.74, 6) is -0.635. The number of ether oxygens (including phenoxy) is 1. The maximum atomic E-state index is 13.3. The molecule has 2 aromatic carbocycles. The Labute approximate surface area is 160 Å². The fourth-order valence-corrected chi connectivity index (χ4v) is 3.24. The summed E-state index contributed by atoms with van der Waals surface area (Å²) in [6.45, 7) is 2.67. The number of nitrogens with zero attached hydrogens (tertiary/aromatic N) is 1. The van der Waals surface area contributed by atoms with Crippen molar-refractivity contribution >= 4 is 22.8 Å². The zero-order chi connectivity index (χ0) is 19.5. The average molecular weight is 382 g/mol. The van der Waals surface area contributed by atoms with Crippen LogP contribution >= 0.6 is 0 Å². The van der Waals surface area contributed by atoms with Gasteiger partial charge in [0.2, 0.25) is 17.2 Å². The third-order valence-corrected chi connectivity index (χ3v) is 4.65. The molecule has 0 saturated carbocycles. The molecule has 1 aliphatic heterocycles. The van der Waals surface area contributed by atoms with Crippen LogP contribution in [-0.4, -0.2) is 43.7 Å². The monoisotopic (exact) mass is 382 g/mol. The molecule has 1 aliphatic rings. The van der Waals surface area contributed by atoms with E-state index >= 15 is 0 Å². The fourth-order valence-electron chi connectivity index (χ4n) is 3.24. The Kier molecular flexibility index (Phi) is 5.18. The van der Waals surface area contributed by atoms with Gasteiger partial charge in [-0.05, 0) is 29.8 Å². The van der Waals surface area contributed by atoms with Crippen molar-refractivity contribution in [1.82, 2.24) is 4.90 Å². The summed E-state index contributed by atoms with van der Waals surface area (Å²) in [6, 6.07) is 12.3. The number of benzene rings is 2. The normalized spacial score (nSPS) is 14.9. The smallest absolute Gasteiger partial charge is 0.240 e. The zero-order valence-electron chi connectivity index (χ0n) is 15.1. The molecule has 2 heterocycles. The standard InChI is InChI=1S/C21H19FN2O4/c22-15-7-5-14(6-8-15)19-20(26)16-3-1-2-4-17(16)28-21(19)23-18(25)13-24-9-11-27-12-10-24/h1-8H,9-13H2,(H,23,25). The van der Waals surface area contributed by atoms with E-state index < -0.39 is 5.82 Å². The molecular formula is C21H19FN2O4. The Balaban J connectivity index is 1.73. The highest BCUT2D eigenvalue weighted by atomic mass is 19.1. The average Bonchev–Trinajstić information content (AvgIpc) is 2.70. The molecule has 0 atom stereocenters. The fraction of sp³-hybridized carbons (Fsp3) is 0.238. The van der Waals surface area contributed by atoms with E-state index in [4.69, 9.17) is 9.15 Å². The number of amides is 1. The number of carbonyl (C=O) groups is 1. The SMILES string of the molecule is O=C(CN1CCOCC1)Nc1oc2ccccc2c(=O)c1-c1ccc(F)cc1. The van der Waals surface area contributed by atoms with Crippen LogP contribution in [0.1, 0.15) is 0 Å². The van der Waals surface area contributed by atoms with E-state index in [-0.39, 0.29) is 29.3 Å². The lowest BCUT2D eigenvalue weighted by atomic mass is 10.0. The Morgan fingerprint density at radius 1 is 1.07 bits per heavy atom. The van der Waals surface area contributed by atoms with Gasteiger partial charge in [-0.1, -0.05) is 24.3 Å². The lowest BCUT2D eigenvalue weighted by molar-refractivity contribution is -0.118. The first-order valence-corrected chi connectivity index (χ1v) is 9.03. The van der Waals surface area contributed by atoms with Crippen molar-refractivity contribution in [2.75, 3.05) is 38.2 Å². The molecule has 1 aromatic heterocycles. The highest BCUT2D eigenvalue weighted by molar-refractivity contribution is 5.97. The molecule has 6 nitrogen and oxygen atoms in total. The van der Waals surface area contributed by atoms with Gasteiger partial charge in [-0.15, -0.1) is 0 Å². The number of fused-ring (bicyclic) bond motifs is 1. The number of para-hydroxylation sites is 1. The van der Waals surface area contributed by atoms with E-state index in [0.717, 1.165) is 0 Å². The van der Waals surface area contributed by atoms with Crippen LogP contribution in [0.15, 0.2) is 57.7 Å². The summed E-state index contributed by atoms with van der Waals surface area (Å²) >= 11 is 0. The molecular weight excluding hydrogens is 363 g/mol. The van der Waals surface area contributed by atoms with Gasteiger partial charge < -0.3 is 9.15 Å². The maximum Gasteiger partial charge on any atom is 0.240 e. The van der Waals surface area contributed by atoms with Gasteiger partial charge in [-0.3, -0.25) is 19.8 Å². The topological polar surface area (TPSA) is 71.8 Å². The highest BCUT2D eigenvalue weighted by Crippen LogP contribution is 2.28. The van der Waals surface area contributed by atoms with E-state index in [9.17, 15) is 14.0 Å². The van der Waals surface area contributed by atoms with E-state index in [1.54, 1.807) is 24.3 Å². The molecule has 1 fully saturated rings. The number of nitrogens with one attached hydrogen (secondary N) is 1. The predicted molar refractivity (Wildman–Crippen MR) is 104 cm³/mol. The van der Waals surface area contributed by atoms with Crippen LogP contribution in [0.25, 0.3) is 22.1 Å². The van der Waals surface area contributed by atoms with Crippen LogP contribution in [0.2, 0.25) is 0 Å². The van der Waals surface area contributed by atoms with Crippen LogP contribution in [0, 0.1) is 5.82 Å². The third kappa shape index (κ3) is 3.81. The second-order valence-electron chi connectivity index (χ2n) is 6.58. The Morgan fingerprint density at radius 2 is 1.79 bits per heavy atom. The molecule has 7 heteroatoms. The summed E-state index contributed by atoms with van der Waals surface area (Å²) in [5.41, 5.74) is 0.770. The van der Waals surface area contributed by atoms with Crippen molar-refractivity contribution in [3.63, 3.8) is 0 Å². The first kappa shape index (κ1) is 18.3. The van der Waals surface area contributed by atoms with Gasteiger partial charge in [-0.25, -0.2) is 4.39 Å². The zero-order valence-corrected chi connectivity index (χ0v) is 15.1. The molecule has 0 spiro atoms. The van der Waals surface area contributed by atoms with Crippen LogP contribution in [0.4, 0.5) is 10.3 Å². The number of rotatable bonds is 4. The molecule has 0 radical (unpaired) electrons. The van der Waals surface area contributed by atoms with Gasteiger partial charge in [-0.2, -0.15) is 0 Å². The summed E-state index contributed by atoms with van der Waals surface area (Å²) in [4.78, 5) is 27.6. The van der Waals surface area contributed by atoms with Gasteiger partial charge in [0.05, 0.1) is 30.7 Å². The summed E-state index contributed by atoms with van der Waals surface area (Å²) in [5, 5.41) is 3.12. The second kappa shape index (κ2) is 7.92. The Hall–Kier alpha value is -3.03. The van der Waals surface area contributed by atoms with Crippen molar-refractivity contribution in [2.45, 2.75) is 0 Å². The largest absolute Gasteiger partial charge is 0.439 e. The minimum absolute atomic E-state index is 0.0635. The molecule has 4 rings (SSSR count). The number of morpholine rings is 1. The van der Waals surface area contributed by atoms with Gasteiger partial charge in [0.15, 0.2) is 0 Å². The number of hydrogen-bond donors (Lipinski definition) is 1. The molecule has 144 valence electrons. The summed E-state index contributed by atoms with van der Waals surface area (Å²) < 4.78 is 24.5. The van der Waals surface area contributed by atoms with Crippen molar-refractivity contribution in [3.05, 3.63) is 64.6 Å². The van der Waals surface area contributed by atoms with Crippen LogP contribution in [0.3, 0.4) is 0 Å². The van der Waals surface area contributed by atoms with Gasteiger partial charge in [0.1, 0.15) is 11.4 Å². The maximum absolute atomic E-state index is 13.3. The van der Waals surface area contributed by atoms with E-state index in [2.05, 4.69) is 5.32 Å². The first-order chi connectivity index (χ1) is 13.6. The minimum atomic E-state index is -0.410. The molecule has 0 bridgehead atoms. The summed E-state index contributed by atoms with van der Waals surface area (Å²) in [6.07, 6.45) is 0. The second-order valence-corrected chi connectivity index (χ2v) is 6.58.